The average molecular weight is 230 g/mol. The molecule has 0 bridgehead atoms. The monoisotopic (exact) mass is 230 g/mol. The lowest BCUT2D eigenvalue weighted by molar-refractivity contribution is -0.156. The second kappa shape index (κ2) is 6.24. The fraction of sp³-hybridized carbons (Fsp3) is 0.923. The van der Waals surface area contributed by atoms with Crippen molar-refractivity contribution in [1.29, 1.82) is 0 Å². The van der Waals surface area contributed by atoms with Gasteiger partial charge in [0.1, 0.15) is 5.60 Å². The molecule has 0 saturated carbocycles. The standard InChI is InChI=1S/C13H26O3/c1-12(2,3)8-10-15-9-7-11(14)16-13(4,5)6/h7-10H2,1-6H3. The molecule has 0 rings (SSSR count). The number of hydrogen-bond acceptors (Lipinski definition) is 3. The number of hydrogen-bond donors (Lipinski definition) is 0. The Labute approximate surface area is 99.5 Å². The lowest BCUT2D eigenvalue weighted by Crippen LogP contribution is -2.24. The van der Waals surface area contributed by atoms with Crippen molar-refractivity contribution in [3.05, 3.63) is 0 Å². The molecule has 16 heavy (non-hydrogen) atoms. The predicted molar refractivity (Wildman–Crippen MR) is 65.4 cm³/mol. The SMILES string of the molecule is CC(C)(C)CCOCCC(=O)OC(C)(C)C. The summed E-state index contributed by atoms with van der Waals surface area (Å²) in [6.07, 6.45) is 1.34. The quantitative estimate of drug-likeness (QED) is 0.537. The molecule has 0 aromatic heterocycles. The fourth-order valence-electron chi connectivity index (χ4n) is 1.03. The molecule has 3 nitrogen and oxygen atoms in total. The van der Waals surface area contributed by atoms with Crippen molar-refractivity contribution in [2.24, 2.45) is 5.41 Å². The van der Waals surface area contributed by atoms with Crippen LogP contribution in [0.4, 0.5) is 0 Å². The van der Waals surface area contributed by atoms with Crippen molar-refractivity contribution in [2.45, 2.75) is 60.0 Å². The van der Waals surface area contributed by atoms with Gasteiger partial charge in [-0.3, -0.25) is 4.79 Å². The van der Waals surface area contributed by atoms with E-state index < -0.39 is 5.60 Å². The molecule has 0 unspecified atom stereocenters. The smallest absolute Gasteiger partial charge is 0.308 e. The molecule has 0 N–H and O–H groups in total. The topological polar surface area (TPSA) is 35.5 Å². The van der Waals surface area contributed by atoms with E-state index in [-0.39, 0.29) is 11.4 Å². The molecule has 0 amide bonds. The highest BCUT2D eigenvalue weighted by Crippen LogP contribution is 2.17. The highest BCUT2D eigenvalue weighted by molar-refractivity contribution is 5.69. The zero-order valence-corrected chi connectivity index (χ0v) is 11.6. The van der Waals surface area contributed by atoms with Gasteiger partial charge in [-0.25, -0.2) is 0 Å². The first-order chi connectivity index (χ1) is 7.10. The summed E-state index contributed by atoms with van der Waals surface area (Å²) in [5, 5.41) is 0. The Morgan fingerprint density at radius 3 is 2.00 bits per heavy atom. The maximum atomic E-state index is 11.3. The minimum Gasteiger partial charge on any atom is -0.460 e. The Balaban J connectivity index is 3.50. The van der Waals surface area contributed by atoms with Gasteiger partial charge >= 0.3 is 5.97 Å². The van der Waals surface area contributed by atoms with Gasteiger partial charge < -0.3 is 9.47 Å². The van der Waals surface area contributed by atoms with Gasteiger partial charge in [0.2, 0.25) is 0 Å². The number of rotatable bonds is 5. The molecule has 0 aromatic rings. The van der Waals surface area contributed by atoms with Gasteiger partial charge in [0, 0.05) is 6.61 Å². The van der Waals surface area contributed by atoms with Gasteiger partial charge in [-0.2, -0.15) is 0 Å². The van der Waals surface area contributed by atoms with Crippen LogP contribution in [0.15, 0.2) is 0 Å². The summed E-state index contributed by atoms with van der Waals surface area (Å²) in [6.45, 7) is 13.3. The summed E-state index contributed by atoms with van der Waals surface area (Å²) < 4.78 is 10.6. The van der Waals surface area contributed by atoms with Crippen LogP contribution in [-0.4, -0.2) is 24.8 Å². The third-order valence-electron chi connectivity index (χ3n) is 1.87. The van der Waals surface area contributed by atoms with E-state index >= 15 is 0 Å². The van der Waals surface area contributed by atoms with Gasteiger partial charge in [0.15, 0.2) is 0 Å². The molecule has 0 heterocycles. The zero-order chi connectivity index (χ0) is 12.8. The van der Waals surface area contributed by atoms with Crippen LogP contribution in [0, 0.1) is 5.41 Å². The molecule has 0 aliphatic heterocycles. The van der Waals surface area contributed by atoms with Crippen molar-refractivity contribution in [2.75, 3.05) is 13.2 Å². The minimum absolute atomic E-state index is 0.191. The third kappa shape index (κ3) is 11.5. The van der Waals surface area contributed by atoms with Gasteiger partial charge in [-0.1, -0.05) is 20.8 Å². The summed E-state index contributed by atoms with van der Waals surface area (Å²) in [5.74, 6) is -0.191. The number of carbonyl (C=O) groups is 1. The summed E-state index contributed by atoms with van der Waals surface area (Å²) in [5.41, 5.74) is -0.117. The van der Waals surface area contributed by atoms with Crippen LogP contribution in [0.1, 0.15) is 54.4 Å². The Morgan fingerprint density at radius 2 is 1.56 bits per heavy atom. The summed E-state index contributed by atoms with van der Waals surface area (Å²) in [4.78, 5) is 11.3. The fourth-order valence-corrected chi connectivity index (χ4v) is 1.03. The normalized spacial score (nSPS) is 12.6. The Kier molecular flexibility index (Phi) is 6.01. The van der Waals surface area contributed by atoms with Crippen LogP contribution in [0.5, 0.6) is 0 Å². The van der Waals surface area contributed by atoms with Gasteiger partial charge in [-0.05, 0) is 32.6 Å². The van der Waals surface area contributed by atoms with Crippen molar-refractivity contribution in [3.8, 4) is 0 Å². The van der Waals surface area contributed by atoms with Crippen LogP contribution >= 0.6 is 0 Å². The minimum atomic E-state index is -0.400. The van der Waals surface area contributed by atoms with Gasteiger partial charge in [-0.15, -0.1) is 0 Å². The van der Waals surface area contributed by atoms with Crippen molar-refractivity contribution < 1.29 is 14.3 Å². The molecule has 0 aliphatic rings. The van der Waals surface area contributed by atoms with E-state index in [4.69, 9.17) is 9.47 Å². The van der Waals surface area contributed by atoms with Crippen LogP contribution in [0.3, 0.4) is 0 Å². The molecule has 0 spiro atoms. The summed E-state index contributed by atoms with van der Waals surface area (Å²) in [7, 11) is 0. The van der Waals surface area contributed by atoms with Gasteiger partial charge in [0.25, 0.3) is 0 Å². The molecule has 0 atom stereocenters. The first-order valence-electron chi connectivity index (χ1n) is 5.90. The molecule has 3 heteroatoms. The van der Waals surface area contributed by atoms with Crippen LogP contribution < -0.4 is 0 Å². The summed E-state index contributed by atoms with van der Waals surface area (Å²) in [6, 6.07) is 0. The highest BCUT2D eigenvalue weighted by atomic mass is 16.6. The van der Waals surface area contributed by atoms with Gasteiger partial charge in [0.05, 0.1) is 13.0 Å². The first-order valence-corrected chi connectivity index (χ1v) is 5.90. The largest absolute Gasteiger partial charge is 0.460 e. The van der Waals surface area contributed by atoms with Crippen LogP contribution in [0.25, 0.3) is 0 Å². The lowest BCUT2D eigenvalue weighted by atomic mass is 9.93. The molecule has 0 saturated heterocycles. The molecular formula is C13H26O3. The Morgan fingerprint density at radius 1 is 1.00 bits per heavy atom. The maximum Gasteiger partial charge on any atom is 0.308 e. The predicted octanol–water partition coefficient (Wildman–Crippen LogP) is 3.17. The van der Waals surface area contributed by atoms with Crippen LogP contribution in [0.2, 0.25) is 0 Å². The lowest BCUT2D eigenvalue weighted by Gasteiger charge is -2.20. The zero-order valence-electron chi connectivity index (χ0n) is 11.6. The van der Waals surface area contributed by atoms with E-state index in [2.05, 4.69) is 20.8 Å². The molecular weight excluding hydrogens is 204 g/mol. The molecule has 0 radical (unpaired) electrons. The van der Waals surface area contributed by atoms with Crippen molar-refractivity contribution in [3.63, 3.8) is 0 Å². The van der Waals surface area contributed by atoms with E-state index in [1.54, 1.807) is 0 Å². The number of ether oxygens (including phenoxy) is 2. The Bertz CT molecular complexity index is 208. The van der Waals surface area contributed by atoms with E-state index in [1.807, 2.05) is 20.8 Å². The van der Waals surface area contributed by atoms with E-state index in [9.17, 15) is 4.79 Å². The molecule has 0 aliphatic carbocycles. The highest BCUT2D eigenvalue weighted by Gasteiger charge is 2.16. The van der Waals surface area contributed by atoms with Crippen molar-refractivity contribution >= 4 is 5.97 Å². The maximum absolute atomic E-state index is 11.3. The van der Waals surface area contributed by atoms with Crippen molar-refractivity contribution in [1.82, 2.24) is 0 Å². The second-order valence-electron chi connectivity index (χ2n) is 6.26. The number of esters is 1. The summed E-state index contributed by atoms with van der Waals surface area (Å²) >= 11 is 0. The van der Waals surface area contributed by atoms with E-state index in [1.165, 1.54) is 0 Å². The van der Waals surface area contributed by atoms with Crippen LogP contribution in [-0.2, 0) is 14.3 Å². The molecule has 96 valence electrons. The Hall–Kier alpha value is -0.570. The first kappa shape index (κ1) is 15.4. The van der Waals surface area contributed by atoms with E-state index in [0.29, 0.717) is 19.6 Å². The molecule has 0 aromatic carbocycles. The molecule has 0 fully saturated rings. The van der Waals surface area contributed by atoms with E-state index in [0.717, 1.165) is 6.42 Å². The average Bonchev–Trinajstić information content (AvgIpc) is 1.97. The third-order valence-corrected chi connectivity index (χ3v) is 1.87. The number of carbonyl (C=O) groups excluding carboxylic acids is 1. The second-order valence-corrected chi connectivity index (χ2v) is 6.26.